The fraction of sp³-hybridized carbons (Fsp3) is 0.200. The number of benzene rings is 2. The SMILES string of the molecule is CN(C)c1cccc(CNC(=O)Cc2coc(-c3ccccc3)n2)c1. The smallest absolute Gasteiger partial charge is 0.226 e. The molecule has 0 aliphatic carbocycles. The Balaban J connectivity index is 1.56. The van der Waals surface area contributed by atoms with Gasteiger partial charge in [-0.3, -0.25) is 4.79 Å². The summed E-state index contributed by atoms with van der Waals surface area (Å²) in [5.41, 5.74) is 3.69. The Morgan fingerprint density at radius 3 is 2.68 bits per heavy atom. The van der Waals surface area contributed by atoms with E-state index < -0.39 is 0 Å². The number of aromatic nitrogens is 1. The molecule has 3 rings (SSSR count). The minimum atomic E-state index is -0.0804. The van der Waals surface area contributed by atoms with Crippen LogP contribution in [0.4, 0.5) is 5.69 Å². The molecule has 0 saturated carbocycles. The van der Waals surface area contributed by atoms with Crippen LogP contribution in [0.25, 0.3) is 11.5 Å². The molecule has 1 heterocycles. The van der Waals surface area contributed by atoms with E-state index in [0.29, 0.717) is 18.1 Å². The van der Waals surface area contributed by atoms with Gasteiger partial charge in [-0.15, -0.1) is 0 Å². The van der Waals surface area contributed by atoms with Gasteiger partial charge in [-0.1, -0.05) is 30.3 Å². The molecule has 0 bridgehead atoms. The quantitative estimate of drug-likeness (QED) is 0.751. The van der Waals surface area contributed by atoms with Gasteiger partial charge in [0.05, 0.1) is 12.1 Å². The van der Waals surface area contributed by atoms with E-state index in [-0.39, 0.29) is 12.3 Å². The molecule has 0 saturated heterocycles. The molecule has 1 amide bonds. The van der Waals surface area contributed by atoms with Gasteiger partial charge in [0.25, 0.3) is 0 Å². The molecular formula is C20H21N3O2. The maximum Gasteiger partial charge on any atom is 0.226 e. The Labute approximate surface area is 147 Å². The lowest BCUT2D eigenvalue weighted by Crippen LogP contribution is -2.24. The third kappa shape index (κ3) is 4.47. The van der Waals surface area contributed by atoms with Gasteiger partial charge < -0.3 is 14.6 Å². The highest BCUT2D eigenvalue weighted by Crippen LogP contribution is 2.18. The molecule has 128 valence electrons. The fourth-order valence-electron chi connectivity index (χ4n) is 2.47. The van der Waals surface area contributed by atoms with Crippen LogP contribution in [-0.2, 0) is 17.8 Å². The molecule has 0 unspecified atom stereocenters. The lowest BCUT2D eigenvalue weighted by molar-refractivity contribution is -0.120. The number of amides is 1. The van der Waals surface area contributed by atoms with Gasteiger partial charge in [-0.2, -0.15) is 0 Å². The van der Waals surface area contributed by atoms with Gasteiger partial charge in [0.15, 0.2) is 0 Å². The van der Waals surface area contributed by atoms with Crippen LogP contribution in [0.5, 0.6) is 0 Å². The first-order valence-electron chi connectivity index (χ1n) is 8.14. The van der Waals surface area contributed by atoms with Crippen molar-refractivity contribution in [1.29, 1.82) is 0 Å². The number of hydrogen-bond acceptors (Lipinski definition) is 4. The molecule has 1 N–H and O–H groups in total. The summed E-state index contributed by atoms with van der Waals surface area (Å²) in [6.45, 7) is 0.490. The van der Waals surface area contributed by atoms with Crippen molar-refractivity contribution in [3.63, 3.8) is 0 Å². The molecule has 0 aliphatic heterocycles. The van der Waals surface area contributed by atoms with E-state index in [9.17, 15) is 4.79 Å². The first-order valence-corrected chi connectivity index (χ1v) is 8.14. The number of nitrogens with one attached hydrogen (secondary N) is 1. The van der Waals surface area contributed by atoms with Crippen LogP contribution in [0, 0.1) is 0 Å². The molecule has 3 aromatic rings. The van der Waals surface area contributed by atoms with E-state index in [4.69, 9.17) is 4.42 Å². The van der Waals surface area contributed by atoms with Crippen molar-refractivity contribution in [2.45, 2.75) is 13.0 Å². The van der Waals surface area contributed by atoms with Crippen LogP contribution in [0.3, 0.4) is 0 Å². The number of oxazole rings is 1. The van der Waals surface area contributed by atoms with Crippen LogP contribution in [-0.4, -0.2) is 25.0 Å². The van der Waals surface area contributed by atoms with E-state index in [1.54, 1.807) is 0 Å². The standard InChI is InChI=1S/C20H21N3O2/c1-23(2)18-10-6-7-15(11-18)13-21-19(24)12-17-14-25-20(22-17)16-8-4-3-5-9-16/h3-11,14H,12-13H2,1-2H3,(H,21,24). The van der Waals surface area contributed by atoms with E-state index in [2.05, 4.69) is 16.4 Å². The Kier molecular flexibility index (Phi) is 5.14. The van der Waals surface area contributed by atoms with Gasteiger partial charge in [0.1, 0.15) is 6.26 Å². The van der Waals surface area contributed by atoms with Crippen molar-refractivity contribution in [3.8, 4) is 11.5 Å². The summed E-state index contributed by atoms with van der Waals surface area (Å²) in [5, 5.41) is 2.92. The molecular weight excluding hydrogens is 314 g/mol. The maximum absolute atomic E-state index is 12.1. The van der Waals surface area contributed by atoms with Gasteiger partial charge in [0.2, 0.25) is 11.8 Å². The molecule has 5 heteroatoms. The second-order valence-electron chi connectivity index (χ2n) is 6.03. The Bertz CT molecular complexity index is 841. The molecule has 25 heavy (non-hydrogen) atoms. The Morgan fingerprint density at radius 2 is 1.92 bits per heavy atom. The van der Waals surface area contributed by atoms with Crippen molar-refractivity contribution in [2.75, 3.05) is 19.0 Å². The average Bonchev–Trinajstić information content (AvgIpc) is 3.09. The molecule has 2 aromatic carbocycles. The van der Waals surface area contributed by atoms with Crippen LogP contribution in [0.2, 0.25) is 0 Å². The number of rotatable bonds is 6. The normalized spacial score (nSPS) is 10.5. The van der Waals surface area contributed by atoms with Gasteiger partial charge in [0, 0.05) is 31.9 Å². The van der Waals surface area contributed by atoms with Crippen molar-refractivity contribution >= 4 is 11.6 Å². The van der Waals surface area contributed by atoms with Crippen molar-refractivity contribution in [3.05, 3.63) is 72.1 Å². The predicted molar refractivity (Wildman–Crippen MR) is 98.3 cm³/mol. The summed E-state index contributed by atoms with van der Waals surface area (Å²) in [7, 11) is 3.99. The average molecular weight is 335 g/mol. The lowest BCUT2D eigenvalue weighted by atomic mass is 10.2. The Hall–Kier alpha value is -3.08. The van der Waals surface area contributed by atoms with Crippen molar-refractivity contribution in [2.24, 2.45) is 0 Å². The number of carbonyl (C=O) groups excluding carboxylic acids is 1. The van der Waals surface area contributed by atoms with Gasteiger partial charge >= 0.3 is 0 Å². The Morgan fingerprint density at radius 1 is 1.12 bits per heavy atom. The van der Waals surface area contributed by atoms with E-state index >= 15 is 0 Å². The third-order valence-corrected chi connectivity index (χ3v) is 3.83. The van der Waals surface area contributed by atoms with E-state index in [1.807, 2.05) is 67.5 Å². The molecule has 0 spiro atoms. The summed E-state index contributed by atoms with van der Waals surface area (Å²) >= 11 is 0. The fourth-order valence-corrected chi connectivity index (χ4v) is 2.47. The highest BCUT2D eigenvalue weighted by atomic mass is 16.3. The number of nitrogens with zero attached hydrogens (tertiary/aromatic N) is 2. The predicted octanol–water partition coefficient (Wildman–Crippen LogP) is 3.27. The van der Waals surface area contributed by atoms with Crippen molar-refractivity contribution in [1.82, 2.24) is 10.3 Å². The monoisotopic (exact) mass is 335 g/mol. The summed E-state index contributed by atoms with van der Waals surface area (Å²) in [6, 6.07) is 17.7. The molecule has 0 fully saturated rings. The second-order valence-corrected chi connectivity index (χ2v) is 6.03. The molecule has 0 atom stereocenters. The molecule has 0 aliphatic rings. The highest BCUT2D eigenvalue weighted by molar-refractivity contribution is 5.78. The van der Waals surface area contributed by atoms with Crippen molar-refractivity contribution < 1.29 is 9.21 Å². The van der Waals surface area contributed by atoms with Crippen LogP contribution < -0.4 is 10.2 Å². The number of carbonyl (C=O) groups is 1. The molecule has 0 radical (unpaired) electrons. The zero-order valence-corrected chi connectivity index (χ0v) is 14.4. The minimum Gasteiger partial charge on any atom is -0.444 e. The number of hydrogen-bond donors (Lipinski definition) is 1. The second kappa shape index (κ2) is 7.66. The summed E-state index contributed by atoms with van der Waals surface area (Å²) in [4.78, 5) is 18.6. The first kappa shape index (κ1) is 16.8. The highest BCUT2D eigenvalue weighted by Gasteiger charge is 2.10. The third-order valence-electron chi connectivity index (χ3n) is 3.83. The summed E-state index contributed by atoms with van der Waals surface area (Å²) in [5.74, 6) is 0.449. The van der Waals surface area contributed by atoms with Crippen LogP contribution >= 0.6 is 0 Å². The largest absolute Gasteiger partial charge is 0.444 e. The summed E-state index contributed by atoms with van der Waals surface area (Å²) < 4.78 is 5.46. The maximum atomic E-state index is 12.1. The minimum absolute atomic E-state index is 0.0804. The van der Waals surface area contributed by atoms with Crippen LogP contribution in [0.15, 0.2) is 65.3 Å². The van der Waals surface area contributed by atoms with E-state index in [1.165, 1.54) is 6.26 Å². The van der Waals surface area contributed by atoms with Gasteiger partial charge in [-0.25, -0.2) is 4.98 Å². The zero-order valence-electron chi connectivity index (χ0n) is 14.4. The molecule has 1 aromatic heterocycles. The van der Waals surface area contributed by atoms with Crippen LogP contribution in [0.1, 0.15) is 11.3 Å². The molecule has 5 nitrogen and oxygen atoms in total. The lowest BCUT2D eigenvalue weighted by Gasteiger charge is -2.13. The van der Waals surface area contributed by atoms with Gasteiger partial charge in [-0.05, 0) is 29.8 Å². The topological polar surface area (TPSA) is 58.4 Å². The number of anilines is 1. The zero-order chi connectivity index (χ0) is 17.6. The van der Waals surface area contributed by atoms with E-state index in [0.717, 1.165) is 16.8 Å². The first-order chi connectivity index (χ1) is 12.1. The summed E-state index contributed by atoms with van der Waals surface area (Å²) in [6.07, 6.45) is 1.73.